The number of aromatic nitrogens is 2. The van der Waals surface area contributed by atoms with Crippen molar-refractivity contribution in [1.29, 1.82) is 0 Å². The average Bonchev–Trinajstić information content (AvgIpc) is 3.08. The van der Waals surface area contributed by atoms with Gasteiger partial charge >= 0.3 is 5.97 Å². The number of esters is 1. The van der Waals surface area contributed by atoms with Crippen LogP contribution in [0.2, 0.25) is 0 Å². The van der Waals surface area contributed by atoms with Gasteiger partial charge in [0.15, 0.2) is 0 Å². The molecule has 114 valence electrons. The second-order valence-electron chi connectivity index (χ2n) is 5.12. The van der Waals surface area contributed by atoms with Gasteiger partial charge in [0.1, 0.15) is 11.4 Å². The average molecular weight is 298 g/mol. The summed E-state index contributed by atoms with van der Waals surface area (Å²) in [6.45, 7) is 0.544. The molecule has 0 aliphatic heterocycles. The van der Waals surface area contributed by atoms with E-state index in [1.165, 1.54) is 7.11 Å². The van der Waals surface area contributed by atoms with Crippen LogP contribution in [-0.2, 0) is 18.3 Å². The Morgan fingerprint density at radius 1 is 1.14 bits per heavy atom. The van der Waals surface area contributed by atoms with E-state index in [0.717, 1.165) is 22.3 Å². The third kappa shape index (κ3) is 2.24. The Balaban J connectivity index is 2.14. The van der Waals surface area contributed by atoms with Gasteiger partial charge in [0.05, 0.1) is 31.8 Å². The van der Waals surface area contributed by atoms with Gasteiger partial charge in [0.2, 0.25) is 0 Å². The highest BCUT2D eigenvalue weighted by molar-refractivity contribution is 5.94. The SMILES string of the molecule is COC(=O)c1cc2c(ccn2C)n1Cc1ccccc1OC. The second-order valence-corrected chi connectivity index (χ2v) is 5.12. The molecule has 5 heteroatoms. The molecule has 0 bridgehead atoms. The molecule has 0 aliphatic rings. The predicted octanol–water partition coefficient (Wildman–Crippen LogP) is 2.82. The van der Waals surface area contributed by atoms with E-state index in [1.807, 2.05) is 58.8 Å². The fraction of sp³-hybridized carbons (Fsp3) is 0.235. The van der Waals surface area contributed by atoms with Crippen molar-refractivity contribution in [3.05, 3.63) is 53.9 Å². The highest BCUT2D eigenvalue weighted by Gasteiger charge is 2.18. The summed E-state index contributed by atoms with van der Waals surface area (Å²) < 4.78 is 14.3. The molecule has 22 heavy (non-hydrogen) atoms. The van der Waals surface area contributed by atoms with Crippen molar-refractivity contribution in [2.75, 3.05) is 14.2 Å². The van der Waals surface area contributed by atoms with E-state index in [-0.39, 0.29) is 5.97 Å². The summed E-state index contributed by atoms with van der Waals surface area (Å²) in [5, 5.41) is 0. The Kier molecular flexibility index (Phi) is 3.63. The molecule has 2 heterocycles. The van der Waals surface area contributed by atoms with Gasteiger partial charge in [-0.05, 0) is 18.2 Å². The van der Waals surface area contributed by atoms with E-state index >= 15 is 0 Å². The lowest BCUT2D eigenvalue weighted by Crippen LogP contribution is -2.11. The van der Waals surface area contributed by atoms with Crippen molar-refractivity contribution in [2.24, 2.45) is 7.05 Å². The number of nitrogens with zero attached hydrogens (tertiary/aromatic N) is 2. The number of ether oxygens (including phenoxy) is 2. The number of para-hydroxylation sites is 1. The Bertz CT molecular complexity index is 830. The van der Waals surface area contributed by atoms with Gasteiger partial charge in [0.25, 0.3) is 0 Å². The molecular formula is C17H18N2O3. The number of carbonyl (C=O) groups is 1. The van der Waals surface area contributed by atoms with Crippen molar-refractivity contribution in [1.82, 2.24) is 9.13 Å². The Labute approximate surface area is 128 Å². The van der Waals surface area contributed by atoms with Gasteiger partial charge in [-0.3, -0.25) is 0 Å². The molecule has 0 N–H and O–H groups in total. The van der Waals surface area contributed by atoms with Crippen LogP contribution in [0.25, 0.3) is 11.0 Å². The molecular weight excluding hydrogens is 280 g/mol. The Morgan fingerprint density at radius 2 is 1.91 bits per heavy atom. The fourth-order valence-corrected chi connectivity index (χ4v) is 2.72. The van der Waals surface area contributed by atoms with Crippen LogP contribution in [0, 0.1) is 0 Å². The number of benzene rings is 1. The number of hydrogen-bond acceptors (Lipinski definition) is 3. The third-order valence-electron chi connectivity index (χ3n) is 3.87. The number of hydrogen-bond donors (Lipinski definition) is 0. The minimum absolute atomic E-state index is 0.342. The second kappa shape index (κ2) is 5.60. The van der Waals surface area contributed by atoms with Crippen LogP contribution in [0.3, 0.4) is 0 Å². The van der Waals surface area contributed by atoms with Gasteiger partial charge in [-0.2, -0.15) is 0 Å². The molecule has 3 rings (SSSR count). The van der Waals surface area contributed by atoms with Crippen molar-refractivity contribution < 1.29 is 14.3 Å². The van der Waals surface area contributed by atoms with E-state index in [1.54, 1.807) is 7.11 Å². The zero-order valence-electron chi connectivity index (χ0n) is 12.9. The lowest BCUT2D eigenvalue weighted by atomic mass is 10.2. The highest BCUT2D eigenvalue weighted by Crippen LogP contribution is 2.25. The fourth-order valence-electron chi connectivity index (χ4n) is 2.72. The number of aryl methyl sites for hydroxylation is 1. The van der Waals surface area contributed by atoms with Crippen LogP contribution in [0.1, 0.15) is 16.1 Å². The molecule has 0 saturated heterocycles. The molecule has 0 spiro atoms. The van der Waals surface area contributed by atoms with E-state index in [2.05, 4.69) is 0 Å². The number of methoxy groups -OCH3 is 2. The number of carbonyl (C=O) groups excluding carboxylic acids is 1. The summed E-state index contributed by atoms with van der Waals surface area (Å²) in [5.74, 6) is 0.460. The van der Waals surface area contributed by atoms with Crippen LogP contribution < -0.4 is 4.74 Å². The van der Waals surface area contributed by atoms with E-state index in [4.69, 9.17) is 9.47 Å². The predicted molar refractivity (Wildman–Crippen MR) is 84.3 cm³/mol. The maximum absolute atomic E-state index is 12.1. The molecule has 0 saturated carbocycles. The topological polar surface area (TPSA) is 45.4 Å². The lowest BCUT2D eigenvalue weighted by Gasteiger charge is -2.12. The molecule has 0 aliphatic carbocycles. The molecule has 0 amide bonds. The smallest absolute Gasteiger partial charge is 0.354 e. The maximum atomic E-state index is 12.1. The summed E-state index contributed by atoms with van der Waals surface area (Å²) in [5.41, 5.74) is 3.54. The van der Waals surface area contributed by atoms with Crippen molar-refractivity contribution >= 4 is 17.0 Å². The minimum atomic E-state index is -0.342. The number of rotatable bonds is 4. The summed E-state index contributed by atoms with van der Waals surface area (Å²) in [7, 11) is 5.00. The zero-order valence-corrected chi connectivity index (χ0v) is 12.9. The molecule has 1 aromatic carbocycles. The summed E-state index contributed by atoms with van der Waals surface area (Å²) in [6, 6.07) is 11.7. The first kappa shape index (κ1) is 14.3. The van der Waals surface area contributed by atoms with Gasteiger partial charge in [-0.25, -0.2) is 4.79 Å². The Morgan fingerprint density at radius 3 is 2.64 bits per heavy atom. The van der Waals surface area contributed by atoms with Crippen LogP contribution >= 0.6 is 0 Å². The van der Waals surface area contributed by atoms with Crippen LogP contribution in [0.4, 0.5) is 0 Å². The van der Waals surface area contributed by atoms with Gasteiger partial charge < -0.3 is 18.6 Å². The molecule has 0 atom stereocenters. The largest absolute Gasteiger partial charge is 0.496 e. The first-order valence-electron chi connectivity index (χ1n) is 7.00. The lowest BCUT2D eigenvalue weighted by molar-refractivity contribution is 0.0589. The van der Waals surface area contributed by atoms with Crippen molar-refractivity contribution in [3.63, 3.8) is 0 Å². The van der Waals surface area contributed by atoms with Crippen molar-refractivity contribution in [3.8, 4) is 5.75 Å². The maximum Gasteiger partial charge on any atom is 0.354 e. The molecule has 2 aromatic heterocycles. The summed E-state index contributed by atoms with van der Waals surface area (Å²) in [4.78, 5) is 12.1. The van der Waals surface area contributed by atoms with E-state index < -0.39 is 0 Å². The van der Waals surface area contributed by atoms with Crippen molar-refractivity contribution in [2.45, 2.75) is 6.54 Å². The third-order valence-corrected chi connectivity index (χ3v) is 3.87. The van der Waals surface area contributed by atoms with Crippen LogP contribution in [-0.4, -0.2) is 29.3 Å². The molecule has 5 nitrogen and oxygen atoms in total. The monoisotopic (exact) mass is 298 g/mol. The molecule has 0 unspecified atom stereocenters. The summed E-state index contributed by atoms with van der Waals surface area (Å²) >= 11 is 0. The first-order chi connectivity index (χ1) is 10.7. The van der Waals surface area contributed by atoms with E-state index in [0.29, 0.717) is 12.2 Å². The normalized spacial score (nSPS) is 10.9. The molecule has 0 fully saturated rings. The quantitative estimate of drug-likeness (QED) is 0.696. The van der Waals surface area contributed by atoms with Crippen LogP contribution in [0.15, 0.2) is 42.6 Å². The highest BCUT2D eigenvalue weighted by atomic mass is 16.5. The van der Waals surface area contributed by atoms with Gasteiger partial charge in [-0.1, -0.05) is 18.2 Å². The van der Waals surface area contributed by atoms with E-state index in [9.17, 15) is 4.79 Å². The van der Waals surface area contributed by atoms with Crippen LogP contribution in [0.5, 0.6) is 5.75 Å². The van der Waals surface area contributed by atoms with Gasteiger partial charge in [-0.15, -0.1) is 0 Å². The first-order valence-corrected chi connectivity index (χ1v) is 7.00. The van der Waals surface area contributed by atoms with Gasteiger partial charge in [0, 0.05) is 18.8 Å². The summed E-state index contributed by atoms with van der Waals surface area (Å²) in [6.07, 6.45) is 1.98. The minimum Gasteiger partial charge on any atom is -0.496 e. The standard InChI is InChI=1S/C17H18N2O3/c1-18-9-8-13-14(18)10-15(17(20)22-3)19(13)11-12-6-4-5-7-16(12)21-2/h4-10H,11H2,1-3H3. The molecule has 0 radical (unpaired) electrons. The Hall–Kier alpha value is -2.69. The molecule has 3 aromatic rings. The zero-order chi connectivity index (χ0) is 15.7. The number of fused-ring (bicyclic) bond motifs is 1.